The van der Waals surface area contributed by atoms with E-state index < -0.39 is 17.7 Å². The predicted molar refractivity (Wildman–Crippen MR) is 109 cm³/mol. The first-order valence-electron chi connectivity index (χ1n) is 8.95. The largest absolute Gasteiger partial charge is 0.507 e. The molecule has 3 aromatic rings. The Morgan fingerprint density at radius 1 is 1.21 bits per heavy atom. The molecule has 1 atom stereocenters. The van der Waals surface area contributed by atoms with Gasteiger partial charge in [-0.1, -0.05) is 12.1 Å². The smallest absolute Gasteiger partial charge is 0.301 e. The summed E-state index contributed by atoms with van der Waals surface area (Å²) in [6.45, 7) is 2.35. The minimum absolute atomic E-state index is 0.00467. The third-order valence-electron chi connectivity index (χ3n) is 4.51. The van der Waals surface area contributed by atoms with Crippen LogP contribution in [0.3, 0.4) is 0 Å². The van der Waals surface area contributed by atoms with Crippen LogP contribution in [0.15, 0.2) is 65.9 Å². The van der Waals surface area contributed by atoms with Crippen molar-refractivity contribution < 1.29 is 19.4 Å². The zero-order valence-electron chi connectivity index (χ0n) is 15.5. The van der Waals surface area contributed by atoms with Gasteiger partial charge < -0.3 is 9.84 Å². The zero-order chi connectivity index (χ0) is 20.4. The van der Waals surface area contributed by atoms with E-state index in [1.165, 1.54) is 28.6 Å². The number of benzene rings is 1. The second kappa shape index (κ2) is 7.84. The number of hydrogen-bond donors (Lipinski definition) is 1. The number of amides is 1. The molecule has 1 N–H and O–H groups in total. The minimum atomic E-state index is -0.824. The fourth-order valence-corrected chi connectivity index (χ4v) is 3.95. The number of carbonyl (C=O) groups is 2. The highest BCUT2D eigenvalue weighted by Crippen LogP contribution is 2.43. The third kappa shape index (κ3) is 3.38. The van der Waals surface area contributed by atoms with Gasteiger partial charge in [-0.3, -0.25) is 19.5 Å². The number of hydrogen-bond acceptors (Lipinski definition) is 7. The lowest BCUT2D eigenvalue weighted by Crippen LogP contribution is -2.29. The van der Waals surface area contributed by atoms with Gasteiger partial charge in [0.15, 0.2) is 5.13 Å². The molecule has 1 saturated heterocycles. The van der Waals surface area contributed by atoms with E-state index in [4.69, 9.17) is 4.74 Å². The Morgan fingerprint density at radius 3 is 2.69 bits per heavy atom. The molecule has 1 fully saturated rings. The van der Waals surface area contributed by atoms with Crippen molar-refractivity contribution in [2.24, 2.45) is 0 Å². The Labute approximate surface area is 170 Å². The fraction of sp³-hybridized carbons (Fsp3) is 0.143. The van der Waals surface area contributed by atoms with E-state index in [-0.39, 0.29) is 11.3 Å². The van der Waals surface area contributed by atoms with E-state index in [1.54, 1.807) is 48.0 Å². The van der Waals surface area contributed by atoms with Gasteiger partial charge in [-0.05, 0) is 36.8 Å². The monoisotopic (exact) mass is 407 g/mol. The molecule has 0 saturated carbocycles. The molecule has 146 valence electrons. The van der Waals surface area contributed by atoms with Crippen molar-refractivity contribution in [3.05, 3.63) is 77.1 Å². The second-order valence-corrected chi connectivity index (χ2v) is 7.10. The average Bonchev–Trinajstić information content (AvgIpc) is 3.36. The predicted octanol–water partition coefficient (Wildman–Crippen LogP) is 3.56. The summed E-state index contributed by atoms with van der Waals surface area (Å²) in [7, 11) is 0. The highest BCUT2D eigenvalue weighted by molar-refractivity contribution is 7.14. The molecular formula is C21H17N3O4S. The molecule has 0 aliphatic carbocycles. The number of anilines is 1. The van der Waals surface area contributed by atoms with Gasteiger partial charge >= 0.3 is 5.91 Å². The summed E-state index contributed by atoms with van der Waals surface area (Å²) in [6.07, 6.45) is 4.59. The van der Waals surface area contributed by atoms with E-state index in [1.807, 2.05) is 6.92 Å². The van der Waals surface area contributed by atoms with Crippen molar-refractivity contribution in [1.82, 2.24) is 9.97 Å². The highest BCUT2D eigenvalue weighted by Gasteiger charge is 2.48. The number of Topliss-reactive ketones (excluding diaryl/α,β-unsaturated/α-hetero) is 1. The van der Waals surface area contributed by atoms with E-state index in [0.29, 0.717) is 28.6 Å². The lowest BCUT2D eigenvalue weighted by molar-refractivity contribution is -0.132. The molecule has 8 heteroatoms. The van der Waals surface area contributed by atoms with Crippen LogP contribution in [0.1, 0.15) is 24.1 Å². The maximum absolute atomic E-state index is 12.9. The first-order chi connectivity index (χ1) is 14.1. The Morgan fingerprint density at radius 2 is 2.00 bits per heavy atom. The second-order valence-electron chi connectivity index (χ2n) is 6.23. The van der Waals surface area contributed by atoms with Crippen LogP contribution in [0, 0.1) is 0 Å². The number of rotatable bonds is 5. The number of aromatic nitrogens is 2. The summed E-state index contributed by atoms with van der Waals surface area (Å²) >= 11 is 1.24. The molecule has 1 unspecified atom stereocenters. The molecule has 0 spiro atoms. The molecule has 1 aliphatic heterocycles. The number of nitrogens with zero attached hydrogens (tertiary/aromatic N) is 3. The number of pyridine rings is 1. The van der Waals surface area contributed by atoms with Gasteiger partial charge in [0.05, 0.1) is 18.2 Å². The number of aliphatic hydroxyl groups is 1. The maximum Gasteiger partial charge on any atom is 0.301 e. The molecule has 7 nitrogen and oxygen atoms in total. The van der Waals surface area contributed by atoms with Gasteiger partial charge in [0.25, 0.3) is 5.78 Å². The standard InChI is InChI=1S/C21H17N3O4S/c1-2-28-15-5-3-4-14(12-15)17-16(18(25)13-6-8-22-9-7-13)19(26)20(27)24(17)21-23-10-11-29-21/h3-12,17,25H,2H2,1H3. The summed E-state index contributed by atoms with van der Waals surface area (Å²) in [5.41, 5.74) is 1.05. The van der Waals surface area contributed by atoms with E-state index in [9.17, 15) is 14.7 Å². The van der Waals surface area contributed by atoms with Crippen molar-refractivity contribution in [3.63, 3.8) is 0 Å². The maximum atomic E-state index is 12.9. The van der Waals surface area contributed by atoms with Crippen LogP contribution in [-0.4, -0.2) is 33.4 Å². The Balaban J connectivity index is 1.92. The van der Waals surface area contributed by atoms with Gasteiger partial charge in [-0.2, -0.15) is 0 Å². The molecule has 0 bridgehead atoms. The van der Waals surface area contributed by atoms with Gasteiger partial charge in [-0.25, -0.2) is 4.98 Å². The average molecular weight is 407 g/mol. The zero-order valence-corrected chi connectivity index (χ0v) is 16.3. The molecule has 1 aliphatic rings. The summed E-state index contributed by atoms with van der Waals surface area (Å²) in [4.78, 5) is 35.3. The normalized spacial score (nSPS) is 18.2. The van der Waals surface area contributed by atoms with Crippen LogP contribution in [0.4, 0.5) is 5.13 Å². The van der Waals surface area contributed by atoms with Crippen LogP contribution in [0.25, 0.3) is 5.76 Å². The highest BCUT2D eigenvalue weighted by atomic mass is 32.1. The molecule has 1 aromatic carbocycles. The number of aliphatic hydroxyl groups excluding tert-OH is 1. The molecular weight excluding hydrogens is 390 g/mol. The number of carbonyl (C=O) groups excluding carboxylic acids is 2. The molecule has 3 heterocycles. The summed E-state index contributed by atoms with van der Waals surface area (Å²) in [5.74, 6) is -1.14. The Bertz CT molecular complexity index is 1080. The van der Waals surface area contributed by atoms with Crippen LogP contribution >= 0.6 is 11.3 Å². The van der Waals surface area contributed by atoms with Gasteiger partial charge in [0.1, 0.15) is 11.5 Å². The topological polar surface area (TPSA) is 92.6 Å². The summed E-state index contributed by atoms with van der Waals surface area (Å²) in [5, 5.41) is 13.0. The van der Waals surface area contributed by atoms with Gasteiger partial charge in [0.2, 0.25) is 0 Å². The van der Waals surface area contributed by atoms with Crippen LogP contribution < -0.4 is 9.64 Å². The lowest BCUT2D eigenvalue weighted by atomic mass is 9.95. The lowest BCUT2D eigenvalue weighted by Gasteiger charge is -2.23. The summed E-state index contributed by atoms with van der Waals surface area (Å²) in [6, 6.07) is 9.48. The Hall–Kier alpha value is -3.52. The first kappa shape index (κ1) is 18.8. The van der Waals surface area contributed by atoms with Gasteiger partial charge in [-0.15, -0.1) is 11.3 Å². The summed E-state index contributed by atoms with van der Waals surface area (Å²) < 4.78 is 5.58. The minimum Gasteiger partial charge on any atom is -0.507 e. The van der Waals surface area contributed by atoms with Gasteiger partial charge in [0, 0.05) is 29.5 Å². The molecule has 0 radical (unpaired) electrons. The SMILES string of the molecule is CCOc1cccc(C2C(=C(O)c3ccncc3)C(=O)C(=O)N2c2nccs2)c1. The quantitative estimate of drug-likeness (QED) is 0.395. The van der Waals surface area contributed by atoms with E-state index in [0.717, 1.165) is 0 Å². The van der Waals surface area contributed by atoms with Crippen molar-refractivity contribution in [1.29, 1.82) is 0 Å². The van der Waals surface area contributed by atoms with Crippen molar-refractivity contribution in [2.75, 3.05) is 11.5 Å². The van der Waals surface area contributed by atoms with Crippen LogP contribution in [0.5, 0.6) is 5.75 Å². The fourth-order valence-electron chi connectivity index (χ4n) is 3.29. The third-order valence-corrected chi connectivity index (χ3v) is 5.28. The van der Waals surface area contributed by atoms with Crippen LogP contribution in [-0.2, 0) is 9.59 Å². The number of thiazole rings is 1. The molecule has 2 aromatic heterocycles. The first-order valence-corrected chi connectivity index (χ1v) is 9.83. The van der Waals surface area contributed by atoms with E-state index in [2.05, 4.69) is 9.97 Å². The Kier molecular flexibility index (Phi) is 5.09. The number of ketones is 1. The van der Waals surface area contributed by atoms with Crippen LogP contribution in [0.2, 0.25) is 0 Å². The molecule has 29 heavy (non-hydrogen) atoms. The molecule has 4 rings (SSSR count). The van der Waals surface area contributed by atoms with Crippen molar-refractivity contribution in [3.8, 4) is 5.75 Å². The number of ether oxygens (including phenoxy) is 1. The molecule has 1 amide bonds. The van der Waals surface area contributed by atoms with Crippen molar-refractivity contribution in [2.45, 2.75) is 13.0 Å². The van der Waals surface area contributed by atoms with Crippen molar-refractivity contribution >= 4 is 33.9 Å². The van der Waals surface area contributed by atoms with E-state index >= 15 is 0 Å².